The third kappa shape index (κ3) is 2.46. The Labute approximate surface area is 120 Å². The molecule has 1 aromatic heterocycles. The molecule has 1 aromatic carbocycles. The number of hydrogen-bond donors (Lipinski definition) is 0. The highest BCUT2D eigenvalue weighted by molar-refractivity contribution is 7.07. The Hall–Kier alpha value is -2.08. The summed E-state index contributed by atoms with van der Waals surface area (Å²) in [5.74, 6) is 1.56. The maximum Gasteiger partial charge on any atom is 0.205 e. The second-order valence-electron chi connectivity index (χ2n) is 4.34. The molecule has 0 saturated carbocycles. The van der Waals surface area contributed by atoms with Crippen LogP contribution in [0.3, 0.4) is 0 Å². The Balaban J connectivity index is 1.91. The molecule has 0 N–H and O–H groups in total. The molecular formula is C14H15N3O2S. The first-order valence-corrected chi connectivity index (χ1v) is 7.20. The van der Waals surface area contributed by atoms with Crippen LogP contribution in [-0.2, 0) is 0 Å². The van der Waals surface area contributed by atoms with E-state index in [4.69, 9.17) is 9.47 Å². The van der Waals surface area contributed by atoms with Crippen LogP contribution in [0.2, 0.25) is 0 Å². The standard InChI is InChI=1S/C14H15N3O2S/c1-10-9-20-14(15-2)17(10)16-8-11-3-4-12-13(7-11)19-6-5-18-12/h3-4,7-9H,5-6H2,1-2H3/b15-14?,16-8+. The zero-order chi connectivity index (χ0) is 13.9. The van der Waals surface area contributed by atoms with Crippen molar-refractivity contribution in [3.63, 3.8) is 0 Å². The van der Waals surface area contributed by atoms with E-state index in [1.807, 2.05) is 35.2 Å². The lowest BCUT2D eigenvalue weighted by Crippen LogP contribution is -2.15. The van der Waals surface area contributed by atoms with Gasteiger partial charge in [-0.05, 0) is 30.7 Å². The molecule has 6 heteroatoms. The Morgan fingerprint density at radius 2 is 2.05 bits per heavy atom. The van der Waals surface area contributed by atoms with Crippen LogP contribution in [0.4, 0.5) is 0 Å². The van der Waals surface area contributed by atoms with Crippen LogP contribution in [0, 0.1) is 6.92 Å². The zero-order valence-corrected chi connectivity index (χ0v) is 12.2. The van der Waals surface area contributed by atoms with Crippen molar-refractivity contribution in [2.75, 3.05) is 20.3 Å². The molecule has 0 saturated heterocycles. The van der Waals surface area contributed by atoms with Crippen molar-refractivity contribution in [1.82, 2.24) is 4.68 Å². The van der Waals surface area contributed by atoms with Gasteiger partial charge in [-0.15, -0.1) is 11.3 Å². The summed E-state index contributed by atoms with van der Waals surface area (Å²) in [6.07, 6.45) is 1.80. The molecule has 0 bridgehead atoms. The summed E-state index contributed by atoms with van der Waals surface area (Å²) in [5, 5.41) is 6.50. The molecule has 0 spiro atoms. The van der Waals surface area contributed by atoms with Crippen LogP contribution in [-0.4, -0.2) is 31.2 Å². The zero-order valence-electron chi connectivity index (χ0n) is 11.4. The van der Waals surface area contributed by atoms with Gasteiger partial charge in [0.05, 0.1) is 11.9 Å². The molecule has 0 aliphatic carbocycles. The van der Waals surface area contributed by atoms with E-state index >= 15 is 0 Å². The van der Waals surface area contributed by atoms with E-state index in [1.165, 1.54) is 0 Å². The van der Waals surface area contributed by atoms with Crippen molar-refractivity contribution < 1.29 is 9.47 Å². The van der Waals surface area contributed by atoms with Gasteiger partial charge in [0.1, 0.15) is 13.2 Å². The second-order valence-corrected chi connectivity index (χ2v) is 5.18. The molecule has 0 atom stereocenters. The minimum absolute atomic E-state index is 0.588. The van der Waals surface area contributed by atoms with Gasteiger partial charge in [0.2, 0.25) is 4.80 Å². The van der Waals surface area contributed by atoms with Crippen molar-refractivity contribution in [1.29, 1.82) is 0 Å². The largest absolute Gasteiger partial charge is 0.486 e. The van der Waals surface area contributed by atoms with E-state index < -0.39 is 0 Å². The summed E-state index contributed by atoms with van der Waals surface area (Å²) >= 11 is 1.57. The summed E-state index contributed by atoms with van der Waals surface area (Å²) < 4.78 is 12.9. The lowest BCUT2D eigenvalue weighted by molar-refractivity contribution is 0.171. The van der Waals surface area contributed by atoms with E-state index in [-0.39, 0.29) is 0 Å². The highest BCUT2D eigenvalue weighted by atomic mass is 32.1. The van der Waals surface area contributed by atoms with Gasteiger partial charge in [0.25, 0.3) is 0 Å². The fourth-order valence-corrected chi connectivity index (χ4v) is 2.71. The highest BCUT2D eigenvalue weighted by Crippen LogP contribution is 2.30. The number of ether oxygens (including phenoxy) is 2. The summed E-state index contributed by atoms with van der Waals surface area (Å²) in [5.41, 5.74) is 2.03. The lowest BCUT2D eigenvalue weighted by atomic mass is 10.2. The maximum absolute atomic E-state index is 5.56. The number of aryl methyl sites for hydroxylation is 1. The maximum atomic E-state index is 5.56. The monoisotopic (exact) mass is 289 g/mol. The van der Waals surface area contributed by atoms with Crippen molar-refractivity contribution in [2.24, 2.45) is 10.1 Å². The Kier molecular flexibility index (Phi) is 3.56. The minimum Gasteiger partial charge on any atom is -0.486 e. The Morgan fingerprint density at radius 1 is 1.25 bits per heavy atom. The van der Waals surface area contributed by atoms with E-state index in [2.05, 4.69) is 10.1 Å². The summed E-state index contributed by atoms with van der Waals surface area (Å²) in [4.78, 5) is 5.07. The van der Waals surface area contributed by atoms with Crippen molar-refractivity contribution in [2.45, 2.75) is 6.92 Å². The number of thiazole rings is 1. The molecule has 0 amide bonds. The van der Waals surface area contributed by atoms with E-state index in [1.54, 1.807) is 24.6 Å². The first kappa shape index (κ1) is 12.9. The topological polar surface area (TPSA) is 48.1 Å². The average molecular weight is 289 g/mol. The van der Waals surface area contributed by atoms with Gasteiger partial charge in [-0.1, -0.05) is 0 Å². The van der Waals surface area contributed by atoms with Crippen LogP contribution >= 0.6 is 11.3 Å². The predicted octanol–water partition coefficient (Wildman–Crippen LogP) is 2.04. The quantitative estimate of drug-likeness (QED) is 0.794. The third-order valence-electron chi connectivity index (χ3n) is 2.93. The fourth-order valence-electron chi connectivity index (χ4n) is 1.94. The second kappa shape index (κ2) is 5.50. The van der Waals surface area contributed by atoms with Gasteiger partial charge in [0.15, 0.2) is 11.5 Å². The van der Waals surface area contributed by atoms with Crippen LogP contribution in [0.1, 0.15) is 11.3 Å². The molecule has 3 rings (SSSR count). The summed E-state index contributed by atoms with van der Waals surface area (Å²) in [7, 11) is 1.77. The van der Waals surface area contributed by atoms with Crippen LogP contribution in [0.15, 0.2) is 33.7 Å². The molecule has 2 heterocycles. The van der Waals surface area contributed by atoms with E-state index in [0.29, 0.717) is 13.2 Å². The highest BCUT2D eigenvalue weighted by Gasteiger charge is 2.10. The number of fused-ring (bicyclic) bond motifs is 1. The van der Waals surface area contributed by atoms with Crippen molar-refractivity contribution >= 4 is 17.6 Å². The van der Waals surface area contributed by atoms with Gasteiger partial charge in [0, 0.05) is 12.4 Å². The normalized spacial score (nSPS) is 15.0. The SMILES string of the molecule is CN=c1scc(C)n1/N=C/c1ccc2c(c1)OCCO2. The van der Waals surface area contributed by atoms with Crippen LogP contribution in [0.25, 0.3) is 0 Å². The van der Waals surface area contributed by atoms with E-state index in [0.717, 1.165) is 27.6 Å². The van der Waals surface area contributed by atoms with Crippen LogP contribution in [0.5, 0.6) is 11.5 Å². The fraction of sp³-hybridized carbons (Fsp3) is 0.286. The van der Waals surface area contributed by atoms with Gasteiger partial charge >= 0.3 is 0 Å². The van der Waals surface area contributed by atoms with E-state index in [9.17, 15) is 0 Å². The number of benzene rings is 1. The molecule has 1 aliphatic rings. The van der Waals surface area contributed by atoms with Gasteiger partial charge < -0.3 is 9.47 Å². The predicted molar refractivity (Wildman–Crippen MR) is 79.0 cm³/mol. The molecule has 104 valence electrons. The molecule has 2 aromatic rings. The first-order valence-electron chi connectivity index (χ1n) is 6.32. The lowest BCUT2D eigenvalue weighted by Gasteiger charge is -2.18. The molecule has 0 fully saturated rings. The molecule has 0 radical (unpaired) electrons. The van der Waals surface area contributed by atoms with Crippen molar-refractivity contribution in [3.05, 3.63) is 39.6 Å². The number of aromatic nitrogens is 1. The number of rotatable bonds is 2. The molecular weight excluding hydrogens is 274 g/mol. The molecule has 5 nitrogen and oxygen atoms in total. The number of nitrogens with zero attached hydrogens (tertiary/aromatic N) is 3. The first-order chi connectivity index (χ1) is 9.78. The minimum atomic E-state index is 0.588. The summed E-state index contributed by atoms with van der Waals surface area (Å²) in [6, 6.07) is 5.80. The van der Waals surface area contributed by atoms with Gasteiger partial charge in [-0.25, -0.2) is 4.68 Å². The van der Waals surface area contributed by atoms with Crippen molar-refractivity contribution in [3.8, 4) is 11.5 Å². The summed E-state index contributed by atoms with van der Waals surface area (Å²) in [6.45, 7) is 3.20. The molecule has 20 heavy (non-hydrogen) atoms. The molecule has 1 aliphatic heterocycles. The van der Waals surface area contributed by atoms with Gasteiger partial charge in [-0.3, -0.25) is 4.99 Å². The average Bonchev–Trinajstić information content (AvgIpc) is 2.85. The smallest absolute Gasteiger partial charge is 0.205 e. The third-order valence-corrected chi connectivity index (χ3v) is 3.96. The molecule has 0 unspecified atom stereocenters. The Morgan fingerprint density at radius 3 is 2.85 bits per heavy atom. The van der Waals surface area contributed by atoms with Gasteiger partial charge in [-0.2, -0.15) is 5.10 Å². The Bertz CT molecular complexity index is 715. The number of hydrogen-bond acceptors (Lipinski definition) is 5. The van der Waals surface area contributed by atoms with Crippen LogP contribution < -0.4 is 14.3 Å².